The van der Waals surface area contributed by atoms with Crippen LogP contribution in [-0.2, 0) is 14.8 Å². The van der Waals surface area contributed by atoms with Crippen molar-refractivity contribution in [2.24, 2.45) is 5.92 Å². The Bertz CT molecular complexity index is 336. The van der Waals surface area contributed by atoms with Gasteiger partial charge in [-0.3, -0.25) is 4.79 Å². The Morgan fingerprint density at radius 3 is 2.44 bits per heavy atom. The largest absolute Gasteiger partial charge is 0.351 e. The van der Waals surface area contributed by atoms with Gasteiger partial charge < -0.3 is 5.32 Å². The van der Waals surface area contributed by atoms with E-state index in [2.05, 4.69) is 11.9 Å². The van der Waals surface area contributed by atoms with E-state index in [1.807, 2.05) is 13.8 Å². The number of hydrogen-bond acceptors (Lipinski definition) is 3. The molecule has 94 valence electrons. The Kier molecular flexibility index (Phi) is 6.28. The average molecular weight is 248 g/mol. The monoisotopic (exact) mass is 248 g/mol. The van der Waals surface area contributed by atoms with Crippen LogP contribution in [0.2, 0.25) is 0 Å². The molecule has 0 atom stereocenters. The molecule has 0 saturated carbocycles. The van der Waals surface area contributed by atoms with E-state index in [-0.39, 0.29) is 18.4 Å². The molecule has 0 aliphatic rings. The lowest BCUT2D eigenvalue weighted by Crippen LogP contribution is -2.41. The van der Waals surface area contributed by atoms with E-state index >= 15 is 0 Å². The highest BCUT2D eigenvalue weighted by Gasteiger charge is 2.20. The molecule has 5 nitrogen and oxygen atoms in total. The molecule has 0 aliphatic heterocycles. The van der Waals surface area contributed by atoms with Gasteiger partial charge in [-0.1, -0.05) is 19.9 Å². The molecule has 0 bridgehead atoms. The van der Waals surface area contributed by atoms with Crippen molar-refractivity contribution in [2.75, 3.05) is 25.9 Å². The summed E-state index contributed by atoms with van der Waals surface area (Å²) in [5, 5.41) is 2.55. The molecule has 0 aromatic carbocycles. The van der Waals surface area contributed by atoms with Crippen molar-refractivity contribution in [3.8, 4) is 0 Å². The Hall–Kier alpha value is -0.880. The molecular weight excluding hydrogens is 228 g/mol. The molecular formula is C10H20N2O3S. The van der Waals surface area contributed by atoms with E-state index in [0.717, 1.165) is 6.26 Å². The van der Waals surface area contributed by atoms with E-state index in [0.29, 0.717) is 13.1 Å². The van der Waals surface area contributed by atoms with Crippen molar-refractivity contribution in [3.63, 3.8) is 0 Å². The number of nitrogens with one attached hydrogen (secondary N) is 1. The Labute approximate surface area is 97.6 Å². The number of sulfonamides is 1. The highest BCUT2D eigenvalue weighted by molar-refractivity contribution is 7.88. The van der Waals surface area contributed by atoms with E-state index in [4.69, 9.17) is 0 Å². The first-order valence-electron chi connectivity index (χ1n) is 5.10. The second-order valence-corrected chi connectivity index (χ2v) is 6.02. The highest BCUT2D eigenvalue weighted by Crippen LogP contribution is 2.03. The van der Waals surface area contributed by atoms with Gasteiger partial charge in [-0.05, 0) is 5.92 Å². The van der Waals surface area contributed by atoms with Gasteiger partial charge in [-0.15, -0.1) is 6.58 Å². The van der Waals surface area contributed by atoms with Crippen LogP contribution in [0.25, 0.3) is 0 Å². The molecule has 0 rings (SSSR count). The molecule has 0 saturated heterocycles. The fraction of sp³-hybridized carbons (Fsp3) is 0.700. The summed E-state index contributed by atoms with van der Waals surface area (Å²) in [4.78, 5) is 11.4. The zero-order chi connectivity index (χ0) is 12.8. The van der Waals surface area contributed by atoms with Crippen LogP contribution in [0.15, 0.2) is 12.7 Å². The summed E-state index contributed by atoms with van der Waals surface area (Å²) in [5.41, 5.74) is 0. The van der Waals surface area contributed by atoms with E-state index < -0.39 is 10.0 Å². The molecule has 0 spiro atoms. The van der Waals surface area contributed by atoms with E-state index in [9.17, 15) is 13.2 Å². The quantitative estimate of drug-likeness (QED) is 0.655. The Morgan fingerprint density at radius 1 is 1.50 bits per heavy atom. The molecule has 0 aromatic heterocycles. The number of hydrogen-bond donors (Lipinski definition) is 1. The Morgan fingerprint density at radius 2 is 2.06 bits per heavy atom. The minimum Gasteiger partial charge on any atom is -0.351 e. The lowest BCUT2D eigenvalue weighted by atomic mass is 10.2. The van der Waals surface area contributed by atoms with Crippen molar-refractivity contribution in [2.45, 2.75) is 13.8 Å². The minimum atomic E-state index is -3.33. The van der Waals surface area contributed by atoms with Crippen LogP contribution in [0, 0.1) is 5.92 Å². The molecule has 0 aliphatic carbocycles. The second-order valence-electron chi connectivity index (χ2n) is 4.04. The van der Waals surface area contributed by atoms with Crippen molar-refractivity contribution in [3.05, 3.63) is 12.7 Å². The first kappa shape index (κ1) is 15.1. The standard InChI is InChI=1S/C10H20N2O3S/c1-5-6-11-10(13)8-12(7-9(2)3)16(4,14)15/h5,9H,1,6-8H2,2-4H3,(H,11,13). The summed E-state index contributed by atoms with van der Waals surface area (Å²) in [6.45, 7) is 7.83. The number of amides is 1. The molecule has 16 heavy (non-hydrogen) atoms. The number of nitrogens with zero attached hydrogens (tertiary/aromatic N) is 1. The molecule has 0 fully saturated rings. The van der Waals surface area contributed by atoms with E-state index in [1.165, 1.54) is 4.31 Å². The highest BCUT2D eigenvalue weighted by atomic mass is 32.2. The van der Waals surface area contributed by atoms with Crippen LogP contribution >= 0.6 is 0 Å². The third-order valence-electron chi connectivity index (χ3n) is 1.80. The van der Waals surface area contributed by atoms with Gasteiger partial charge in [0, 0.05) is 13.1 Å². The maximum atomic E-state index is 11.4. The van der Waals surface area contributed by atoms with Crippen LogP contribution in [0.4, 0.5) is 0 Å². The third kappa shape index (κ3) is 6.58. The summed E-state index contributed by atoms with van der Waals surface area (Å²) >= 11 is 0. The van der Waals surface area contributed by atoms with Gasteiger partial charge >= 0.3 is 0 Å². The topological polar surface area (TPSA) is 66.5 Å². The SMILES string of the molecule is C=CCNC(=O)CN(CC(C)C)S(C)(=O)=O. The summed E-state index contributed by atoms with van der Waals surface area (Å²) in [5.74, 6) is -0.132. The van der Waals surface area contributed by atoms with Crippen LogP contribution in [0.3, 0.4) is 0 Å². The van der Waals surface area contributed by atoms with E-state index in [1.54, 1.807) is 6.08 Å². The predicted octanol–water partition coefficient (Wildman–Crippen LogP) is 0.206. The maximum absolute atomic E-state index is 11.4. The predicted molar refractivity (Wildman–Crippen MR) is 64.5 cm³/mol. The maximum Gasteiger partial charge on any atom is 0.235 e. The lowest BCUT2D eigenvalue weighted by Gasteiger charge is -2.21. The first-order valence-corrected chi connectivity index (χ1v) is 6.95. The molecule has 0 heterocycles. The van der Waals surface area contributed by atoms with Gasteiger partial charge in [-0.25, -0.2) is 8.42 Å². The van der Waals surface area contributed by atoms with Crippen molar-refractivity contribution in [1.82, 2.24) is 9.62 Å². The molecule has 0 radical (unpaired) electrons. The second kappa shape index (κ2) is 6.65. The van der Waals surface area contributed by atoms with Crippen LogP contribution < -0.4 is 5.32 Å². The smallest absolute Gasteiger partial charge is 0.235 e. The molecule has 0 unspecified atom stereocenters. The number of carbonyl (C=O) groups excluding carboxylic acids is 1. The minimum absolute atomic E-state index is 0.134. The summed E-state index contributed by atoms with van der Waals surface area (Å²) in [6, 6.07) is 0. The van der Waals surface area contributed by atoms with Gasteiger partial charge in [0.2, 0.25) is 15.9 Å². The molecule has 6 heteroatoms. The number of rotatable bonds is 7. The lowest BCUT2D eigenvalue weighted by molar-refractivity contribution is -0.121. The van der Waals surface area contributed by atoms with Gasteiger partial charge in [0.1, 0.15) is 0 Å². The molecule has 1 N–H and O–H groups in total. The van der Waals surface area contributed by atoms with Gasteiger partial charge in [0.05, 0.1) is 12.8 Å². The van der Waals surface area contributed by atoms with Gasteiger partial charge in [-0.2, -0.15) is 4.31 Å². The van der Waals surface area contributed by atoms with Crippen molar-refractivity contribution < 1.29 is 13.2 Å². The summed E-state index contributed by atoms with van der Waals surface area (Å²) in [6.07, 6.45) is 2.65. The average Bonchev–Trinajstić information content (AvgIpc) is 2.11. The summed E-state index contributed by atoms with van der Waals surface area (Å²) in [7, 11) is -3.33. The van der Waals surface area contributed by atoms with Gasteiger partial charge in [0.25, 0.3) is 0 Å². The zero-order valence-corrected chi connectivity index (χ0v) is 10.9. The summed E-state index contributed by atoms with van der Waals surface area (Å²) < 4.78 is 24.0. The Balaban J connectivity index is 4.44. The fourth-order valence-electron chi connectivity index (χ4n) is 1.13. The third-order valence-corrected chi connectivity index (χ3v) is 3.02. The first-order chi connectivity index (χ1) is 7.27. The normalized spacial score (nSPS) is 11.8. The van der Waals surface area contributed by atoms with Crippen molar-refractivity contribution in [1.29, 1.82) is 0 Å². The zero-order valence-electron chi connectivity index (χ0n) is 10.1. The van der Waals surface area contributed by atoms with Gasteiger partial charge in [0.15, 0.2) is 0 Å². The molecule has 1 amide bonds. The fourth-order valence-corrected chi connectivity index (χ4v) is 2.05. The van der Waals surface area contributed by atoms with Crippen LogP contribution in [0.5, 0.6) is 0 Å². The molecule has 0 aromatic rings. The van der Waals surface area contributed by atoms with Crippen LogP contribution in [0.1, 0.15) is 13.8 Å². The van der Waals surface area contributed by atoms with Crippen LogP contribution in [-0.4, -0.2) is 44.5 Å². The number of carbonyl (C=O) groups is 1. The van der Waals surface area contributed by atoms with Crippen molar-refractivity contribution >= 4 is 15.9 Å².